The quantitative estimate of drug-likeness (QED) is 0.165. The monoisotopic (exact) mass is 704 g/mol. The van der Waals surface area contributed by atoms with Gasteiger partial charge < -0.3 is 9.80 Å². The maximum absolute atomic E-state index is 2.73. The SMILES string of the molecule is c1ccc(N2c3cc4c(cc3B3c5c2cccc5N(c2ccccc2)c2ccc5c(c23)-c2ccccc2C52CCCC2)C2(CCCC2)c2ccccc2-4)cc1. The average Bonchev–Trinajstić information content (AvgIpc) is 4.05. The molecule has 0 atom stereocenters. The molecule has 0 bridgehead atoms. The summed E-state index contributed by atoms with van der Waals surface area (Å²) in [6, 6.07) is 58.6. The van der Waals surface area contributed by atoms with Crippen molar-refractivity contribution in [2.45, 2.75) is 62.2 Å². The van der Waals surface area contributed by atoms with E-state index in [1.807, 2.05) is 0 Å². The fourth-order valence-corrected chi connectivity index (χ4v) is 12.7. The molecule has 55 heavy (non-hydrogen) atoms. The van der Waals surface area contributed by atoms with Gasteiger partial charge in [0.2, 0.25) is 0 Å². The summed E-state index contributed by atoms with van der Waals surface area (Å²) in [7, 11) is 0. The standard InChI is InChI=1S/C52H41BN2/c1-3-16-34(17-4-1)54-44-24-15-25-45-49(44)53(50-46(54)27-26-41-48(50)37-21-8-10-23-40(37)51(41)28-11-12-29-51)43-33-42-38(32-47(43)55(45)35-18-5-2-6-19-35)36-20-7-9-22-39(36)52(42)30-13-14-31-52/h1-10,15-27,32-33H,11-14,28-31H2. The van der Waals surface area contributed by atoms with Crippen LogP contribution in [0.4, 0.5) is 34.1 Å². The molecule has 2 saturated carbocycles. The fraction of sp³-hybridized carbons (Fsp3) is 0.192. The van der Waals surface area contributed by atoms with E-state index < -0.39 is 0 Å². The molecule has 7 aromatic carbocycles. The van der Waals surface area contributed by atoms with E-state index in [4.69, 9.17) is 0 Å². The highest BCUT2D eigenvalue weighted by Crippen LogP contribution is 2.60. The van der Waals surface area contributed by atoms with E-state index in [9.17, 15) is 0 Å². The molecule has 0 saturated heterocycles. The lowest BCUT2D eigenvalue weighted by Crippen LogP contribution is -2.62. The van der Waals surface area contributed by atoms with Crippen LogP contribution in [0, 0.1) is 0 Å². The van der Waals surface area contributed by atoms with Gasteiger partial charge in [-0.1, -0.05) is 129 Å². The molecule has 13 rings (SSSR count). The molecule has 0 N–H and O–H groups in total. The molecular formula is C52H41BN2. The predicted molar refractivity (Wildman–Crippen MR) is 230 cm³/mol. The van der Waals surface area contributed by atoms with E-state index in [-0.39, 0.29) is 17.5 Å². The number of hydrogen-bond acceptors (Lipinski definition) is 2. The Labute approximate surface area is 324 Å². The third-order valence-corrected chi connectivity index (χ3v) is 14.7. The second-order valence-corrected chi connectivity index (χ2v) is 17.0. The summed E-state index contributed by atoms with van der Waals surface area (Å²) in [6.45, 7) is 0.0862. The van der Waals surface area contributed by atoms with Crippen LogP contribution in [0.2, 0.25) is 0 Å². The zero-order chi connectivity index (χ0) is 35.9. The Kier molecular flexibility index (Phi) is 6.06. The van der Waals surface area contributed by atoms with Crippen molar-refractivity contribution in [1.82, 2.24) is 0 Å². The Bertz CT molecular complexity index is 2740. The van der Waals surface area contributed by atoms with Crippen molar-refractivity contribution in [3.05, 3.63) is 174 Å². The normalized spacial score (nSPS) is 18.1. The van der Waals surface area contributed by atoms with Crippen LogP contribution in [-0.2, 0) is 10.8 Å². The van der Waals surface area contributed by atoms with Crippen molar-refractivity contribution in [2.75, 3.05) is 9.80 Å². The van der Waals surface area contributed by atoms with Gasteiger partial charge >= 0.3 is 0 Å². The molecule has 2 nitrogen and oxygen atoms in total. The zero-order valence-electron chi connectivity index (χ0n) is 31.1. The van der Waals surface area contributed by atoms with Gasteiger partial charge in [0, 0.05) is 45.0 Å². The average molecular weight is 705 g/mol. The topological polar surface area (TPSA) is 6.48 Å². The highest BCUT2D eigenvalue weighted by Gasteiger charge is 2.52. The van der Waals surface area contributed by atoms with E-state index >= 15 is 0 Å². The van der Waals surface area contributed by atoms with Crippen molar-refractivity contribution >= 4 is 57.2 Å². The highest BCUT2D eigenvalue weighted by molar-refractivity contribution is 7.01. The molecule has 2 fully saturated rings. The van der Waals surface area contributed by atoms with E-state index in [0.717, 1.165) is 0 Å². The second kappa shape index (κ2) is 10.9. The Morgan fingerprint density at radius 3 is 1.56 bits per heavy atom. The highest BCUT2D eigenvalue weighted by atomic mass is 15.2. The smallest absolute Gasteiger partial charge is 0.252 e. The van der Waals surface area contributed by atoms with Crippen LogP contribution < -0.4 is 26.2 Å². The van der Waals surface area contributed by atoms with Crippen molar-refractivity contribution in [1.29, 1.82) is 0 Å². The Hall–Kier alpha value is -5.80. The first-order valence-electron chi connectivity index (χ1n) is 20.7. The number of fused-ring (bicyclic) bond motifs is 15. The Morgan fingerprint density at radius 2 is 0.909 bits per heavy atom. The Morgan fingerprint density at radius 1 is 0.382 bits per heavy atom. The first-order valence-corrected chi connectivity index (χ1v) is 20.7. The maximum atomic E-state index is 2.73. The van der Waals surface area contributed by atoms with E-state index in [1.54, 1.807) is 22.3 Å². The molecule has 7 aromatic rings. The van der Waals surface area contributed by atoms with Gasteiger partial charge in [-0.2, -0.15) is 0 Å². The van der Waals surface area contributed by atoms with Gasteiger partial charge in [0.25, 0.3) is 6.71 Å². The molecule has 262 valence electrons. The summed E-state index contributed by atoms with van der Waals surface area (Å²) >= 11 is 0. The largest absolute Gasteiger partial charge is 0.311 e. The number of nitrogens with zero attached hydrogens (tertiary/aromatic N) is 2. The number of anilines is 6. The van der Waals surface area contributed by atoms with Crippen LogP contribution in [0.3, 0.4) is 0 Å². The van der Waals surface area contributed by atoms with Crippen molar-refractivity contribution in [3.63, 3.8) is 0 Å². The van der Waals surface area contributed by atoms with Crippen molar-refractivity contribution in [2.24, 2.45) is 0 Å². The van der Waals surface area contributed by atoms with Crippen LogP contribution in [0.25, 0.3) is 22.3 Å². The maximum Gasteiger partial charge on any atom is 0.252 e. The van der Waals surface area contributed by atoms with Crippen LogP contribution in [0.15, 0.2) is 152 Å². The van der Waals surface area contributed by atoms with Crippen molar-refractivity contribution < 1.29 is 0 Å². The number of benzene rings is 7. The number of hydrogen-bond donors (Lipinski definition) is 0. The summed E-state index contributed by atoms with van der Waals surface area (Å²) in [5.74, 6) is 0. The lowest BCUT2D eigenvalue weighted by atomic mass is 9.32. The van der Waals surface area contributed by atoms with E-state index in [1.165, 1.54) is 124 Å². The van der Waals surface area contributed by atoms with Crippen LogP contribution in [0.1, 0.15) is 73.6 Å². The van der Waals surface area contributed by atoms with Gasteiger partial charge in [-0.15, -0.1) is 0 Å². The summed E-state index contributed by atoms with van der Waals surface area (Å²) in [6.07, 6.45) is 10.1. The van der Waals surface area contributed by atoms with Crippen LogP contribution >= 0.6 is 0 Å². The molecule has 3 heteroatoms. The lowest BCUT2D eigenvalue weighted by Gasteiger charge is -2.45. The number of rotatable bonds is 2. The minimum Gasteiger partial charge on any atom is -0.311 e. The zero-order valence-corrected chi connectivity index (χ0v) is 31.1. The predicted octanol–water partition coefficient (Wildman–Crippen LogP) is 11.5. The molecule has 4 aliphatic carbocycles. The minimum absolute atomic E-state index is 0.0862. The summed E-state index contributed by atoms with van der Waals surface area (Å²) in [5, 5.41) is 0. The lowest BCUT2D eigenvalue weighted by molar-refractivity contribution is 0.550. The van der Waals surface area contributed by atoms with Gasteiger partial charge in [0.15, 0.2) is 0 Å². The summed E-state index contributed by atoms with van der Waals surface area (Å²) in [4.78, 5) is 5.18. The van der Waals surface area contributed by atoms with Crippen LogP contribution in [-0.4, -0.2) is 6.71 Å². The van der Waals surface area contributed by atoms with E-state index in [2.05, 4.69) is 161 Å². The fourth-order valence-electron chi connectivity index (χ4n) is 12.7. The molecule has 2 aliphatic heterocycles. The summed E-state index contributed by atoms with van der Waals surface area (Å²) < 4.78 is 0. The molecule has 0 radical (unpaired) electrons. The third kappa shape index (κ3) is 3.77. The molecule has 0 unspecified atom stereocenters. The van der Waals surface area contributed by atoms with Gasteiger partial charge in [0.1, 0.15) is 0 Å². The second-order valence-electron chi connectivity index (χ2n) is 17.0. The molecular weight excluding hydrogens is 663 g/mol. The van der Waals surface area contributed by atoms with Gasteiger partial charge in [0.05, 0.1) is 0 Å². The molecule has 6 aliphatic rings. The van der Waals surface area contributed by atoms with Gasteiger partial charge in [-0.25, -0.2) is 0 Å². The first kappa shape index (κ1) is 30.5. The molecule has 0 aromatic heterocycles. The van der Waals surface area contributed by atoms with Gasteiger partial charge in [-0.05, 0) is 135 Å². The summed E-state index contributed by atoms with van der Waals surface area (Å²) in [5.41, 5.74) is 24.2. The van der Waals surface area contributed by atoms with Crippen LogP contribution in [0.5, 0.6) is 0 Å². The van der Waals surface area contributed by atoms with Gasteiger partial charge in [-0.3, -0.25) is 0 Å². The van der Waals surface area contributed by atoms with E-state index in [0.29, 0.717) is 0 Å². The third-order valence-electron chi connectivity index (χ3n) is 14.7. The molecule has 0 amide bonds. The minimum atomic E-state index is 0.0862. The Balaban J connectivity index is 1.18. The first-order chi connectivity index (χ1) is 27.3. The van der Waals surface area contributed by atoms with Crippen molar-refractivity contribution in [3.8, 4) is 22.3 Å². The number of para-hydroxylation sites is 2. The molecule has 2 spiro atoms. The molecule has 2 heterocycles.